The number of phosphoric ester groups is 2. The Morgan fingerprint density at radius 3 is 0.768 bits per heavy atom. The fourth-order valence-corrected chi connectivity index (χ4v) is 13.9. The molecule has 6 atom stereocenters. The number of aliphatic hydroxyl groups excluding tert-OH is 1. The van der Waals surface area contributed by atoms with Crippen LogP contribution in [0, 0.1) is 17.8 Å². The Bertz CT molecular complexity index is 1920. The monoisotopic (exact) mass is 1450 g/mol. The second-order valence-electron chi connectivity index (χ2n) is 30.0. The molecule has 0 aromatic carbocycles. The Balaban J connectivity index is 5.27. The average molecular weight is 1450 g/mol. The van der Waals surface area contributed by atoms with Gasteiger partial charge in [0.2, 0.25) is 0 Å². The average Bonchev–Trinajstić information content (AvgIpc) is 1.41. The zero-order valence-corrected chi connectivity index (χ0v) is 66.8. The summed E-state index contributed by atoms with van der Waals surface area (Å²) in [6.45, 7) is 12.0. The SMILES string of the molecule is CCCCCCCCCCCCCCC(=O)OC[C@H](COP(=O)(O)OC[C@H](O)COP(=O)(O)OC[C@@H](COC(=O)CCCCCCCCCCCCCCC(C)C)OC(=O)CCCCCCCCCCCCCCCCCC(C)C)OC(=O)CCCCCCCCCCCCC(C)CC. The van der Waals surface area contributed by atoms with Gasteiger partial charge in [-0.3, -0.25) is 37.3 Å². The number of phosphoric acid groups is 2. The zero-order valence-electron chi connectivity index (χ0n) is 65.0. The van der Waals surface area contributed by atoms with Crippen molar-refractivity contribution in [2.45, 2.75) is 433 Å². The van der Waals surface area contributed by atoms with Crippen molar-refractivity contribution in [1.82, 2.24) is 0 Å². The van der Waals surface area contributed by atoms with Crippen molar-refractivity contribution in [3.8, 4) is 0 Å². The van der Waals surface area contributed by atoms with Crippen LogP contribution in [0.1, 0.15) is 414 Å². The number of carbonyl (C=O) groups excluding carboxylic acids is 4. The molecule has 0 saturated carbocycles. The summed E-state index contributed by atoms with van der Waals surface area (Å²) in [5.74, 6) is 0.277. The molecule has 0 fully saturated rings. The third-order valence-electron chi connectivity index (χ3n) is 19.0. The number of carbonyl (C=O) groups is 4. The van der Waals surface area contributed by atoms with Gasteiger partial charge in [0.15, 0.2) is 12.2 Å². The van der Waals surface area contributed by atoms with Gasteiger partial charge in [0, 0.05) is 25.7 Å². The van der Waals surface area contributed by atoms with Gasteiger partial charge in [-0.25, -0.2) is 9.13 Å². The van der Waals surface area contributed by atoms with Crippen LogP contribution < -0.4 is 0 Å². The minimum absolute atomic E-state index is 0.107. The lowest BCUT2D eigenvalue weighted by atomic mass is 9.99. The molecule has 99 heavy (non-hydrogen) atoms. The predicted octanol–water partition coefficient (Wildman–Crippen LogP) is 23.7. The molecule has 0 aliphatic heterocycles. The lowest BCUT2D eigenvalue weighted by Crippen LogP contribution is -2.30. The molecule has 0 rings (SSSR count). The van der Waals surface area contributed by atoms with E-state index in [2.05, 4.69) is 48.5 Å². The molecule has 0 amide bonds. The van der Waals surface area contributed by atoms with Gasteiger partial charge in [-0.1, -0.05) is 363 Å². The molecule has 0 spiro atoms. The Morgan fingerprint density at radius 2 is 0.515 bits per heavy atom. The number of rotatable bonds is 78. The van der Waals surface area contributed by atoms with Crippen LogP contribution in [0.2, 0.25) is 0 Å². The first-order chi connectivity index (χ1) is 47.8. The lowest BCUT2D eigenvalue weighted by molar-refractivity contribution is -0.161. The second-order valence-corrected chi connectivity index (χ2v) is 32.9. The zero-order chi connectivity index (χ0) is 73.0. The van der Waals surface area contributed by atoms with Crippen LogP contribution in [0.15, 0.2) is 0 Å². The van der Waals surface area contributed by atoms with Crippen LogP contribution in [-0.2, 0) is 65.4 Å². The summed E-state index contributed by atoms with van der Waals surface area (Å²) in [5.41, 5.74) is 0. The van der Waals surface area contributed by atoms with Crippen LogP contribution in [0.25, 0.3) is 0 Å². The topological polar surface area (TPSA) is 237 Å². The van der Waals surface area contributed by atoms with Crippen molar-refractivity contribution < 1.29 is 80.2 Å². The molecule has 0 heterocycles. The molecule has 0 aromatic rings. The van der Waals surface area contributed by atoms with Gasteiger partial charge in [0.1, 0.15) is 19.3 Å². The van der Waals surface area contributed by atoms with E-state index in [9.17, 15) is 43.2 Å². The van der Waals surface area contributed by atoms with Gasteiger partial charge < -0.3 is 33.8 Å². The summed E-state index contributed by atoms with van der Waals surface area (Å²) in [5, 5.41) is 10.6. The number of unbranched alkanes of at least 4 members (excludes halogenated alkanes) is 45. The van der Waals surface area contributed by atoms with Crippen LogP contribution in [0.3, 0.4) is 0 Å². The van der Waals surface area contributed by atoms with Gasteiger partial charge in [-0.15, -0.1) is 0 Å². The van der Waals surface area contributed by atoms with Crippen molar-refractivity contribution in [3.05, 3.63) is 0 Å². The van der Waals surface area contributed by atoms with E-state index in [1.54, 1.807) is 0 Å². The number of hydrogen-bond donors (Lipinski definition) is 3. The number of hydrogen-bond acceptors (Lipinski definition) is 15. The summed E-state index contributed by atoms with van der Waals surface area (Å²) in [4.78, 5) is 73.0. The highest BCUT2D eigenvalue weighted by atomic mass is 31.2. The molecule has 588 valence electrons. The molecule has 3 unspecified atom stereocenters. The van der Waals surface area contributed by atoms with Crippen LogP contribution in [0.5, 0.6) is 0 Å². The quantitative estimate of drug-likeness (QED) is 0.0222. The molecule has 0 radical (unpaired) electrons. The van der Waals surface area contributed by atoms with E-state index in [0.717, 1.165) is 108 Å². The maximum absolute atomic E-state index is 13.1. The third kappa shape index (κ3) is 72.8. The normalized spacial score (nSPS) is 14.3. The highest BCUT2D eigenvalue weighted by Gasteiger charge is 2.30. The summed E-state index contributed by atoms with van der Waals surface area (Å²) in [7, 11) is -9.92. The molecule has 17 nitrogen and oxygen atoms in total. The second kappa shape index (κ2) is 70.4. The molecule has 0 aliphatic rings. The van der Waals surface area contributed by atoms with Crippen molar-refractivity contribution in [3.63, 3.8) is 0 Å². The van der Waals surface area contributed by atoms with E-state index < -0.39 is 97.5 Å². The van der Waals surface area contributed by atoms with Gasteiger partial charge >= 0.3 is 39.5 Å². The molecule has 3 N–H and O–H groups in total. The van der Waals surface area contributed by atoms with E-state index in [1.165, 1.54) is 225 Å². The Morgan fingerprint density at radius 1 is 0.293 bits per heavy atom. The van der Waals surface area contributed by atoms with E-state index >= 15 is 0 Å². The standard InChI is InChI=1S/C80H156O17P2/c1-8-10-11-12-13-14-15-25-33-40-47-54-61-77(82)90-68-76(97-80(85)64-57-50-43-36-29-28-32-39-46-53-60-73(7)9-2)70-95-99(88,89)93-66-74(81)65-92-98(86,87)94-69-75(67-91-78(83)62-55-48-41-34-26-22-21-24-31-38-45-52-59-72(5)6)96-79(84)63-56-49-42-35-27-20-18-16-17-19-23-30-37-44-51-58-71(3)4/h71-76,81H,8-70H2,1-7H3,(H,86,87)(H,88,89)/t73?,74-,75-,76-/m1/s1. The first-order valence-corrected chi connectivity index (χ1v) is 44.4. The molecule has 0 saturated heterocycles. The maximum Gasteiger partial charge on any atom is 0.472 e. The van der Waals surface area contributed by atoms with Crippen molar-refractivity contribution in [2.24, 2.45) is 17.8 Å². The van der Waals surface area contributed by atoms with Gasteiger partial charge in [-0.05, 0) is 43.4 Å². The highest BCUT2D eigenvalue weighted by Crippen LogP contribution is 2.45. The summed E-state index contributed by atoms with van der Waals surface area (Å²) >= 11 is 0. The molecule has 0 aliphatic carbocycles. The first-order valence-electron chi connectivity index (χ1n) is 41.4. The van der Waals surface area contributed by atoms with Crippen LogP contribution >= 0.6 is 15.6 Å². The minimum atomic E-state index is -4.96. The van der Waals surface area contributed by atoms with E-state index in [-0.39, 0.29) is 25.7 Å². The van der Waals surface area contributed by atoms with Crippen molar-refractivity contribution in [2.75, 3.05) is 39.6 Å². The Hall–Kier alpha value is -1.94. The predicted molar refractivity (Wildman–Crippen MR) is 405 cm³/mol. The lowest BCUT2D eigenvalue weighted by Gasteiger charge is -2.21. The van der Waals surface area contributed by atoms with E-state index in [1.807, 2.05) is 0 Å². The molecular weight excluding hydrogens is 1290 g/mol. The number of esters is 4. The van der Waals surface area contributed by atoms with Crippen molar-refractivity contribution in [1.29, 1.82) is 0 Å². The molecule has 19 heteroatoms. The summed E-state index contributed by atoms with van der Waals surface area (Å²) in [6, 6.07) is 0. The van der Waals surface area contributed by atoms with Crippen molar-refractivity contribution >= 4 is 39.5 Å². The first kappa shape index (κ1) is 97.1. The molecule has 0 bridgehead atoms. The Kier molecular flexibility index (Phi) is 69.0. The van der Waals surface area contributed by atoms with Crippen LogP contribution in [-0.4, -0.2) is 96.7 Å². The van der Waals surface area contributed by atoms with Gasteiger partial charge in [-0.2, -0.15) is 0 Å². The summed E-state index contributed by atoms with van der Waals surface area (Å²) in [6.07, 6.45) is 58.0. The third-order valence-corrected chi connectivity index (χ3v) is 20.9. The highest BCUT2D eigenvalue weighted by molar-refractivity contribution is 7.47. The largest absolute Gasteiger partial charge is 0.472 e. The fourth-order valence-electron chi connectivity index (χ4n) is 12.3. The van der Waals surface area contributed by atoms with E-state index in [0.29, 0.717) is 25.7 Å². The molecule has 0 aromatic heterocycles. The summed E-state index contributed by atoms with van der Waals surface area (Å²) < 4.78 is 68.7. The fraction of sp³-hybridized carbons (Fsp3) is 0.950. The van der Waals surface area contributed by atoms with Gasteiger partial charge in [0.05, 0.1) is 26.4 Å². The minimum Gasteiger partial charge on any atom is -0.462 e. The number of aliphatic hydroxyl groups is 1. The molecular formula is C80H156O17P2. The van der Waals surface area contributed by atoms with Gasteiger partial charge in [0.25, 0.3) is 0 Å². The maximum atomic E-state index is 13.1. The van der Waals surface area contributed by atoms with E-state index in [4.69, 9.17) is 37.0 Å². The number of ether oxygens (including phenoxy) is 4. The Labute approximate surface area is 607 Å². The smallest absolute Gasteiger partial charge is 0.462 e. The van der Waals surface area contributed by atoms with Crippen LogP contribution in [0.4, 0.5) is 0 Å².